The predicted octanol–water partition coefficient (Wildman–Crippen LogP) is -0.127. The Kier molecular flexibility index (Phi) is 4.54. The normalized spacial score (nSPS) is 21.9. The van der Waals surface area contributed by atoms with E-state index in [9.17, 15) is 14.7 Å². The largest absolute Gasteiger partial charge is 0.481 e. The second-order valence-electron chi connectivity index (χ2n) is 4.28. The van der Waals surface area contributed by atoms with Gasteiger partial charge in [-0.1, -0.05) is 6.92 Å². The van der Waals surface area contributed by atoms with Crippen LogP contribution >= 0.6 is 0 Å². The molecule has 1 heterocycles. The highest BCUT2D eigenvalue weighted by molar-refractivity contribution is 5.74. The number of carbonyl (C=O) groups excluding carboxylic acids is 1. The van der Waals surface area contributed by atoms with E-state index in [2.05, 4.69) is 5.32 Å². The summed E-state index contributed by atoms with van der Waals surface area (Å²) in [6.45, 7) is 3.03. The lowest BCUT2D eigenvalue weighted by Crippen LogP contribution is -2.40. The lowest BCUT2D eigenvalue weighted by molar-refractivity contribution is -0.137. The zero-order chi connectivity index (χ0) is 12.1. The van der Waals surface area contributed by atoms with Crippen molar-refractivity contribution in [3.63, 3.8) is 0 Å². The summed E-state index contributed by atoms with van der Waals surface area (Å²) in [5.41, 5.74) is 0. The summed E-state index contributed by atoms with van der Waals surface area (Å²) in [6, 6.07) is -0.228. The van der Waals surface area contributed by atoms with Gasteiger partial charge in [0.05, 0.1) is 6.10 Å². The lowest BCUT2D eigenvalue weighted by Gasteiger charge is -2.18. The SMILES string of the molecule is CC(CNC(=O)N1CCC(O)C1)CC(=O)O. The number of urea groups is 1. The third-order valence-electron chi connectivity index (χ3n) is 2.58. The number of aliphatic carboxylic acids is 1. The van der Waals surface area contributed by atoms with Crippen molar-refractivity contribution in [1.82, 2.24) is 10.2 Å². The molecule has 0 aromatic rings. The minimum Gasteiger partial charge on any atom is -0.481 e. The molecule has 2 amide bonds. The van der Waals surface area contributed by atoms with E-state index in [1.54, 1.807) is 6.92 Å². The number of likely N-dealkylation sites (tertiary alicyclic amines) is 1. The minimum atomic E-state index is -0.863. The van der Waals surface area contributed by atoms with Gasteiger partial charge in [0.25, 0.3) is 0 Å². The second kappa shape index (κ2) is 5.69. The van der Waals surface area contributed by atoms with Crippen molar-refractivity contribution in [1.29, 1.82) is 0 Å². The van der Waals surface area contributed by atoms with Gasteiger partial charge in [-0.3, -0.25) is 4.79 Å². The number of aliphatic hydroxyl groups is 1. The third-order valence-corrected chi connectivity index (χ3v) is 2.58. The Morgan fingerprint density at radius 3 is 2.75 bits per heavy atom. The highest BCUT2D eigenvalue weighted by Gasteiger charge is 2.24. The Labute approximate surface area is 94.2 Å². The van der Waals surface area contributed by atoms with Crippen molar-refractivity contribution in [3.8, 4) is 0 Å². The maximum absolute atomic E-state index is 11.5. The Balaban J connectivity index is 2.22. The van der Waals surface area contributed by atoms with Gasteiger partial charge in [-0.2, -0.15) is 0 Å². The zero-order valence-corrected chi connectivity index (χ0v) is 9.35. The summed E-state index contributed by atoms with van der Waals surface area (Å²) in [7, 11) is 0. The van der Waals surface area contributed by atoms with Crippen LogP contribution in [0.5, 0.6) is 0 Å². The molecule has 6 heteroatoms. The summed E-state index contributed by atoms with van der Waals surface area (Å²) >= 11 is 0. The quantitative estimate of drug-likeness (QED) is 0.627. The van der Waals surface area contributed by atoms with Crippen molar-refractivity contribution < 1.29 is 19.8 Å². The first-order valence-corrected chi connectivity index (χ1v) is 5.41. The third kappa shape index (κ3) is 4.06. The smallest absolute Gasteiger partial charge is 0.317 e. The number of carboxylic acid groups (broad SMARTS) is 1. The summed E-state index contributed by atoms with van der Waals surface area (Å²) in [5.74, 6) is -0.952. The van der Waals surface area contributed by atoms with Crippen molar-refractivity contribution >= 4 is 12.0 Å². The number of rotatable bonds is 4. The van der Waals surface area contributed by atoms with E-state index in [-0.39, 0.29) is 18.4 Å². The van der Waals surface area contributed by atoms with Gasteiger partial charge in [-0.15, -0.1) is 0 Å². The van der Waals surface area contributed by atoms with E-state index in [1.165, 1.54) is 4.90 Å². The Hall–Kier alpha value is -1.30. The first kappa shape index (κ1) is 12.8. The molecular formula is C10H18N2O4. The molecule has 16 heavy (non-hydrogen) atoms. The predicted molar refractivity (Wildman–Crippen MR) is 57.0 cm³/mol. The fourth-order valence-electron chi connectivity index (χ4n) is 1.67. The molecular weight excluding hydrogens is 212 g/mol. The Morgan fingerprint density at radius 1 is 1.56 bits per heavy atom. The molecule has 2 atom stereocenters. The monoisotopic (exact) mass is 230 g/mol. The molecule has 2 unspecified atom stereocenters. The molecule has 0 aliphatic carbocycles. The molecule has 0 aromatic heterocycles. The van der Waals surface area contributed by atoms with Crippen LogP contribution < -0.4 is 5.32 Å². The molecule has 0 radical (unpaired) electrons. The van der Waals surface area contributed by atoms with Crippen molar-refractivity contribution in [2.24, 2.45) is 5.92 Å². The van der Waals surface area contributed by atoms with E-state index >= 15 is 0 Å². The molecule has 1 rings (SSSR count). The van der Waals surface area contributed by atoms with Gasteiger partial charge in [0.1, 0.15) is 0 Å². The van der Waals surface area contributed by atoms with E-state index in [4.69, 9.17) is 5.11 Å². The number of amides is 2. The first-order chi connectivity index (χ1) is 7.49. The van der Waals surface area contributed by atoms with Gasteiger partial charge in [-0.25, -0.2) is 4.79 Å². The van der Waals surface area contributed by atoms with Gasteiger partial charge in [0.15, 0.2) is 0 Å². The standard InChI is InChI=1S/C10H18N2O4/c1-7(4-9(14)15)5-11-10(16)12-3-2-8(13)6-12/h7-8,13H,2-6H2,1H3,(H,11,16)(H,14,15). The van der Waals surface area contributed by atoms with E-state index in [0.717, 1.165) is 0 Å². The number of nitrogens with zero attached hydrogens (tertiary/aromatic N) is 1. The van der Waals surface area contributed by atoms with Crippen LogP contribution in [0.15, 0.2) is 0 Å². The number of carbonyl (C=O) groups is 2. The second-order valence-corrected chi connectivity index (χ2v) is 4.28. The molecule has 0 spiro atoms. The topological polar surface area (TPSA) is 89.9 Å². The molecule has 0 bridgehead atoms. The number of hydrogen-bond acceptors (Lipinski definition) is 3. The number of hydrogen-bond donors (Lipinski definition) is 3. The molecule has 6 nitrogen and oxygen atoms in total. The molecule has 3 N–H and O–H groups in total. The van der Waals surface area contributed by atoms with E-state index < -0.39 is 12.1 Å². The highest BCUT2D eigenvalue weighted by Crippen LogP contribution is 2.08. The molecule has 1 aliphatic rings. The fraction of sp³-hybridized carbons (Fsp3) is 0.800. The number of β-amino-alcohol motifs (C(OH)–C–C–N with tert-alkyl or cyclic N) is 1. The van der Waals surface area contributed by atoms with Crippen LogP contribution in [0.1, 0.15) is 19.8 Å². The van der Waals surface area contributed by atoms with Gasteiger partial charge in [0.2, 0.25) is 0 Å². The van der Waals surface area contributed by atoms with Crippen LogP contribution in [-0.4, -0.2) is 52.9 Å². The van der Waals surface area contributed by atoms with Crippen LogP contribution in [0.25, 0.3) is 0 Å². The van der Waals surface area contributed by atoms with Crippen molar-refractivity contribution in [3.05, 3.63) is 0 Å². The van der Waals surface area contributed by atoms with Crippen LogP contribution in [0.2, 0.25) is 0 Å². The van der Waals surface area contributed by atoms with Crippen LogP contribution in [0.3, 0.4) is 0 Å². The van der Waals surface area contributed by atoms with E-state index in [1.807, 2.05) is 0 Å². The number of carboxylic acids is 1. The summed E-state index contributed by atoms with van der Waals surface area (Å²) < 4.78 is 0. The van der Waals surface area contributed by atoms with Crippen LogP contribution in [0, 0.1) is 5.92 Å². The van der Waals surface area contributed by atoms with Gasteiger partial charge < -0.3 is 20.4 Å². The fourth-order valence-corrected chi connectivity index (χ4v) is 1.67. The van der Waals surface area contributed by atoms with Crippen molar-refractivity contribution in [2.75, 3.05) is 19.6 Å². The van der Waals surface area contributed by atoms with Gasteiger partial charge in [0, 0.05) is 26.1 Å². The summed E-state index contributed by atoms with van der Waals surface area (Å²) in [6.07, 6.45) is 0.225. The maximum Gasteiger partial charge on any atom is 0.317 e. The van der Waals surface area contributed by atoms with Crippen molar-refractivity contribution in [2.45, 2.75) is 25.9 Å². The average Bonchev–Trinajstić information content (AvgIpc) is 2.60. The average molecular weight is 230 g/mol. The van der Waals surface area contributed by atoms with Gasteiger partial charge >= 0.3 is 12.0 Å². The summed E-state index contributed by atoms with van der Waals surface area (Å²) in [5, 5.41) is 20.4. The molecule has 1 fully saturated rings. The molecule has 1 saturated heterocycles. The van der Waals surface area contributed by atoms with Crippen LogP contribution in [-0.2, 0) is 4.79 Å². The number of nitrogens with one attached hydrogen (secondary N) is 1. The highest BCUT2D eigenvalue weighted by atomic mass is 16.4. The Morgan fingerprint density at radius 2 is 2.25 bits per heavy atom. The lowest BCUT2D eigenvalue weighted by atomic mass is 10.1. The first-order valence-electron chi connectivity index (χ1n) is 5.41. The number of aliphatic hydroxyl groups excluding tert-OH is 1. The Bertz CT molecular complexity index is 270. The maximum atomic E-state index is 11.5. The minimum absolute atomic E-state index is 0.0445. The van der Waals surface area contributed by atoms with E-state index in [0.29, 0.717) is 26.1 Å². The molecule has 92 valence electrons. The zero-order valence-electron chi connectivity index (χ0n) is 9.35. The van der Waals surface area contributed by atoms with Gasteiger partial charge in [-0.05, 0) is 12.3 Å². The molecule has 0 saturated carbocycles. The van der Waals surface area contributed by atoms with Crippen LogP contribution in [0.4, 0.5) is 4.79 Å². The molecule has 1 aliphatic heterocycles. The summed E-state index contributed by atoms with van der Waals surface area (Å²) in [4.78, 5) is 23.5. The molecule has 0 aromatic carbocycles.